The zero-order valence-electron chi connectivity index (χ0n) is 9.95. The van der Waals surface area contributed by atoms with Gasteiger partial charge < -0.3 is 4.74 Å². The van der Waals surface area contributed by atoms with E-state index in [0.29, 0.717) is 5.92 Å². The molecule has 1 aliphatic rings. The molecule has 1 aliphatic carbocycles. The SMILES string of the molecule is CC(=O)O[C@@H]1C(=O)[C@H](C(C)C)CC[C@@H]1C. The third-order valence-electron chi connectivity index (χ3n) is 3.19. The van der Waals surface area contributed by atoms with Crippen molar-refractivity contribution in [3.8, 4) is 0 Å². The van der Waals surface area contributed by atoms with E-state index in [0.717, 1.165) is 12.8 Å². The minimum absolute atomic E-state index is 0.0607. The van der Waals surface area contributed by atoms with Crippen LogP contribution in [0.2, 0.25) is 0 Å². The Balaban J connectivity index is 2.74. The molecule has 1 fully saturated rings. The van der Waals surface area contributed by atoms with Gasteiger partial charge in [-0.1, -0.05) is 20.8 Å². The van der Waals surface area contributed by atoms with Gasteiger partial charge in [0.2, 0.25) is 0 Å². The summed E-state index contributed by atoms with van der Waals surface area (Å²) in [6, 6.07) is 0. The molecule has 0 spiro atoms. The third kappa shape index (κ3) is 2.80. The highest BCUT2D eigenvalue weighted by molar-refractivity contribution is 5.88. The number of rotatable bonds is 2. The molecule has 15 heavy (non-hydrogen) atoms. The molecule has 0 N–H and O–H groups in total. The second-order valence-electron chi connectivity index (χ2n) is 4.84. The second kappa shape index (κ2) is 4.77. The number of ketones is 1. The average Bonchev–Trinajstić information content (AvgIpc) is 2.11. The largest absolute Gasteiger partial charge is 0.454 e. The van der Waals surface area contributed by atoms with Crippen LogP contribution in [0.4, 0.5) is 0 Å². The lowest BCUT2D eigenvalue weighted by molar-refractivity contribution is -0.161. The monoisotopic (exact) mass is 212 g/mol. The first-order chi connectivity index (χ1) is 6.93. The van der Waals surface area contributed by atoms with Crippen LogP contribution in [0.5, 0.6) is 0 Å². The summed E-state index contributed by atoms with van der Waals surface area (Å²) in [6.45, 7) is 7.42. The van der Waals surface area contributed by atoms with Crippen LogP contribution in [0.25, 0.3) is 0 Å². The third-order valence-corrected chi connectivity index (χ3v) is 3.19. The van der Waals surface area contributed by atoms with Crippen molar-refractivity contribution < 1.29 is 14.3 Å². The van der Waals surface area contributed by atoms with Crippen molar-refractivity contribution in [2.75, 3.05) is 0 Å². The molecule has 0 aliphatic heterocycles. The van der Waals surface area contributed by atoms with E-state index in [-0.39, 0.29) is 23.6 Å². The molecule has 3 heteroatoms. The van der Waals surface area contributed by atoms with Gasteiger partial charge in [0, 0.05) is 18.8 Å². The fourth-order valence-corrected chi connectivity index (χ4v) is 2.24. The molecule has 0 amide bonds. The zero-order chi connectivity index (χ0) is 11.6. The van der Waals surface area contributed by atoms with Crippen LogP contribution in [0.1, 0.15) is 40.5 Å². The lowest BCUT2D eigenvalue weighted by atomic mass is 9.75. The summed E-state index contributed by atoms with van der Waals surface area (Å²) in [6.07, 6.45) is 1.38. The van der Waals surface area contributed by atoms with Gasteiger partial charge >= 0.3 is 5.97 Å². The van der Waals surface area contributed by atoms with Gasteiger partial charge in [0.05, 0.1) is 0 Å². The highest BCUT2D eigenvalue weighted by Gasteiger charge is 2.39. The zero-order valence-corrected chi connectivity index (χ0v) is 9.95. The minimum atomic E-state index is -0.511. The van der Waals surface area contributed by atoms with E-state index in [2.05, 4.69) is 0 Å². The molecule has 0 aromatic carbocycles. The van der Waals surface area contributed by atoms with Gasteiger partial charge in [-0.15, -0.1) is 0 Å². The van der Waals surface area contributed by atoms with E-state index in [9.17, 15) is 9.59 Å². The van der Waals surface area contributed by atoms with Crippen LogP contribution in [0, 0.1) is 17.8 Å². The highest BCUT2D eigenvalue weighted by atomic mass is 16.5. The molecule has 0 aromatic rings. The molecule has 3 nitrogen and oxygen atoms in total. The van der Waals surface area contributed by atoms with E-state index in [4.69, 9.17) is 4.74 Å². The smallest absolute Gasteiger partial charge is 0.303 e. The number of hydrogen-bond acceptors (Lipinski definition) is 3. The van der Waals surface area contributed by atoms with Crippen molar-refractivity contribution in [3.05, 3.63) is 0 Å². The van der Waals surface area contributed by atoms with Gasteiger partial charge in [0.15, 0.2) is 11.9 Å². The molecular weight excluding hydrogens is 192 g/mol. The summed E-state index contributed by atoms with van der Waals surface area (Å²) in [5.41, 5.74) is 0. The van der Waals surface area contributed by atoms with E-state index in [1.165, 1.54) is 6.92 Å². The number of esters is 1. The van der Waals surface area contributed by atoms with E-state index in [1.807, 2.05) is 20.8 Å². The normalized spacial score (nSPS) is 31.8. The Labute approximate surface area is 91.2 Å². The Kier molecular flexibility index (Phi) is 3.89. The standard InChI is InChI=1S/C12H20O3/c1-7(2)10-6-5-8(3)12(11(10)14)15-9(4)13/h7-8,10,12H,5-6H2,1-4H3/t8-,10-,12-/m0/s1. The maximum Gasteiger partial charge on any atom is 0.303 e. The summed E-state index contributed by atoms with van der Waals surface area (Å²) in [4.78, 5) is 22.9. The van der Waals surface area contributed by atoms with Gasteiger partial charge in [0.25, 0.3) is 0 Å². The van der Waals surface area contributed by atoms with Gasteiger partial charge in [-0.05, 0) is 18.8 Å². The molecule has 0 unspecified atom stereocenters. The molecule has 86 valence electrons. The first kappa shape index (κ1) is 12.2. The Morgan fingerprint density at radius 1 is 1.40 bits per heavy atom. The van der Waals surface area contributed by atoms with Gasteiger partial charge in [-0.2, -0.15) is 0 Å². The average molecular weight is 212 g/mol. The summed E-state index contributed by atoms with van der Waals surface area (Å²) in [5, 5.41) is 0. The van der Waals surface area contributed by atoms with Crippen molar-refractivity contribution in [3.63, 3.8) is 0 Å². The van der Waals surface area contributed by atoms with Crippen molar-refractivity contribution in [1.82, 2.24) is 0 Å². The topological polar surface area (TPSA) is 43.4 Å². The quantitative estimate of drug-likeness (QED) is 0.659. The Bertz CT molecular complexity index is 258. The molecule has 1 rings (SSSR count). The van der Waals surface area contributed by atoms with Crippen molar-refractivity contribution in [2.24, 2.45) is 17.8 Å². The molecule has 0 saturated heterocycles. The fourth-order valence-electron chi connectivity index (χ4n) is 2.24. The lowest BCUT2D eigenvalue weighted by Gasteiger charge is -2.33. The number of hydrogen-bond donors (Lipinski definition) is 0. The summed E-state index contributed by atoms with van der Waals surface area (Å²) >= 11 is 0. The van der Waals surface area contributed by atoms with Gasteiger partial charge in [-0.3, -0.25) is 9.59 Å². The van der Waals surface area contributed by atoms with E-state index < -0.39 is 6.10 Å². The Morgan fingerprint density at radius 3 is 2.47 bits per heavy atom. The van der Waals surface area contributed by atoms with Crippen LogP contribution in [0.3, 0.4) is 0 Å². The van der Waals surface area contributed by atoms with Gasteiger partial charge in [-0.25, -0.2) is 0 Å². The maximum absolute atomic E-state index is 12.0. The highest BCUT2D eigenvalue weighted by Crippen LogP contribution is 2.32. The predicted molar refractivity (Wildman–Crippen MR) is 57.3 cm³/mol. The molecular formula is C12H20O3. The minimum Gasteiger partial charge on any atom is -0.454 e. The molecule has 3 atom stereocenters. The molecule has 1 saturated carbocycles. The van der Waals surface area contributed by atoms with Crippen LogP contribution in [-0.2, 0) is 14.3 Å². The predicted octanol–water partition coefficient (Wildman–Crippen LogP) is 2.19. The van der Waals surface area contributed by atoms with Crippen LogP contribution < -0.4 is 0 Å². The number of carbonyl (C=O) groups excluding carboxylic acids is 2. The van der Waals surface area contributed by atoms with Crippen LogP contribution >= 0.6 is 0 Å². The first-order valence-corrected chi connectivity index (χ1v) is 5.64. The summed E-state index contributed by atoms with van der Waals surface area (Å²) in [5.74, 6) is 0.313. The number of ether oxygens (including phenoxy) is 1. The van der Waals surface area contributed by atoms with E-state index in [1.54, 1.807) is 0 Å². The number of Topliss-reactive ketones (excluding diaryl/α,β-unsaturated/α-hetero) is 1. The van der Waals surface area contributed by atoms with Crippen molar-refractivity contribution in [2.45, 2.75) is 46.6 Å². The van der Waals surface area contributed by atoms with E-state index >= 15 is 0 Å². The second-order valence-corrected chi connectivity index (χ2v) is 4.84. The molecule has 0 heterocycles. The van der Waals surface area contributed by atoms with Crippen LogP contribution in [0.15, 0.2) is 0 Å². The number of carbonyl (C=O) groups is 2. The summed E-state index contributed by atoms with van der Waals surface area (Å²) in [7, 11) is 0. The fraction of sp³-hybridized carbons (Fsp3) is 0.833. The van der Waals surface area contributed by atoms with Gasteiger partial charge in [0.1, 0.15) is 0 Å². The van der Waals surface area contributed by atoms with Crippen LogP contribution in [-0.4, -0.2) is 17.9 Å². The first-order valence-electron chi connectivity index (χ1n) is 5.64. The lowest BCUT2D eigenvalue weighted by Crippen LogP contribution is -2.43. The Morgan fingerprint density at radius 2 is 2.00 bits per heavy atom. The molecule has 0 radical (unpaired) electrons. The summed E-state index contributed by atoms with van der Waals surface area (Å²) < 4.78 is 5.11. The molecule has 0 aromatic heterocycles. The van der Waals surface area contributed by atoms with Crippen molar-refractivity contribution >= 4 is 11.8 Å². The molecule has 0 bridgehead atoms. The van der Waals surface area contributed by atoms with Crippen molar-refractivity contribution in [1.29, 1.82) is 0 Å². The Hall–Kier alpha value is -0.860. The maximum atomic E-state index is 12.0.